The summed E-state index contributed by atoms with van der Waals surface area (Å²) in [6, 6.07) is 10.3. The van der Waals surface area contributed by atoms with Crippen LogP contribution in [-0.4, -0.2) is 17.4 Å². The summed E-state index contributed by atoms with van der Waals surface area (Å²) in [6.07, 6.45) is 0. The van der Waals surface area contributed by atoms with Crippen LogP contribution in [0.5, 0.6) is 5.75 Å². The number of benzene rings is 2. The number of thiazole rings is 1. The summed E-state index contributed by atoms with van der Waals surface area (Å²) in [5.74, 6) is -0.306. The van der Waals surface area contributed by atoms with Gasteiger partial charge in [0.15, 0.2) is 0 Å². The molecule has 3 rings (SSSR count). The monoisotopic (exact) mass is 402 g/mol. The zero-order chi connectivity index (χ0) is 20.1. The van der Waals surface area contributed by atoms with Crippen LogP contribution in [0.1, 0.15) is 29.9 Å². The topological polar surface area (TPSA) is 51.2 Å². The smallest absolute Gasteiger partial charge is 0.270 e. The first kappa shape index (κ1) is 19.9. The van der Waals surface area contributed by atoms with Crippen LogP contribution in [0.2, 0.25) is 0 Å². The lowest BCUT2D eigenvalue weighted by Gasteiger charge is -2.08. The van der Waals surface area contributed by atoms with E-state index < -0.39 is 11.6 Å². The van der Waals surface area contributed by atoms with Crippen molar-refractivity contribution in [1.82, 2.24) is 10.3 Å². The molecule has 1 N–H and O–H groups in total. The number of carbonyl (C=O) groups excluding carboxylic acids is 1. The average Bonchev–Trinajstić information content (AvgIpc) is 3.17. The van der Waals surface area contributed by atoms with E-state index >= 15 is 0 Å². The van der Waals surface area contributed by atoms with Gasteiger partial charge in [-0.1, -0.05) is 13.8 Å². The second kappa shape index (κ2) is 8.93. The SMILES string of the molecule is CC(C)CNC(=O)c1csc(-c2ccc(OCc3cc(F)ccc3F)cc2)n1. The first-order valence-electron chi connectivity index (χ1n) is 8.83. The molecule has 0 saturated heterocycles. The lowest BCUT2D eigenvalue weighted by molar-refractivity contribution is 0.0945. The summed E-state index contributed by atoms with van der Waals surface area (Å²) in [5, 5.41) is 5.29. The van der Waals surface area contributed by atoms with E-state index in [-0.39, 0.29) is 18.1 Å². The number of aromatic nitrogens is 1. The van der Waals surface area contributed by atoms with E-state index in [1.165, 1.54) is 11.3 Å². The highest BCUT2D eigenvalue weighted by molar-refractivity contribution is 7.13. The van der Waals surface area contributed by atoms with Crippen LogP contribution in [0.4, 0.5) is 8.78 Å². The molecule has 2 aromatic carbocycles. The van der Waals surface area contributed by atoms with Crippen LogP contribution < -0.4 is 10.1 Å². The summed E-state index contributed by atoms with van der Waals surface area (Å²) in [4.78, 5) is 16.5. The fraction of sp³-hybridized carbons (Fsp3) is 0.238. The Morgan fingerprint density at radius 2 is 1.93 bits per heavy atom. The van der Waals surface area contributed by atoms with Gasteiger partial charge in [0.2, 0.25) is 0 Å². The van der Waals surface area contributed by atoms with Gasteiger partial charge >= 0.3 is 0 Å². The van der Waals surface area contributed by atoms with Gasteiger partial charge in [-0.2, -0.15) is 0 Å². The molecule has 3 aromatic rings. The number of amides is 1. The second-order valence-electron chi connectivity index (χ2n) is 6.69. The molecule has 0 aliphatic carbocycles. The van der Waals surface area contributed by atoms with Gasteiger partial charge in [-0.3, -0.25) is 4.79 Å². The van der Waals surface area contributed by atoms with Crippen molar-refractivity contribution in [2.24, 2.45) is 5.92 Å². The molecule has 0 saturated carbocycles. The maximum atomic E-state index is 13.6. The van der Waals surface area contributed by atoms with Crippen LogP contribution in [-0.2, 0) is 6.61 Å². The summed E-state index contributed by atoms with van der Waals surface area (Å²) < 4.78 is 32.4. The van der Waals surface area contributed by atoms with Crippen LogP contribution in [0.3, 0.4) is 0 Å². The van der Waals surface area contributed by atoms with Gasteiger partial charge in [0.25, 0.3) is 5.91 Å². The molecule has 146 valence electrons. The van der Waals surface area contributed by atoms with E-state index in [1.54, 1.807) is 17.5 Å². The van der Waals surface area contributed by atoms with Crippen molar-refractivity contribution in [2.75, 3.05) is 6.54 Å². The summed E-state index contributed by atoms with van der Waals surface area (Å²) >= 11 is 1.38. The molecule has 1 aromatic heterocycles. The first-order chi connectivity index (χ1) is 13.4. The van der Waals surface area contributed by atoms with Gasteiger partial charge in [-0.05, 0) is 48.4 Å². The number of halogens is 2. The zero-order valence-electron chi connectivity index (χ0n) is 15.5. The predicted octanol–water partition coefficient (Wildman–Crippen LogP) is 5.05. The normalized spacial score (nSPS) is 10.9. The fourth-order valence-electron chi connectivity index (χ4n) is 2.41. The Bertz CT molecular complexity index is 955. The molecule has 1 amide bonds. The first-order valence-corrected chi connectivity index (χ1v) is 9.71. The minimum atomic E-state index is -0.510. The Morgan fingerprint density at radius 3 is 2.64 bits per heavy atom. The highest BCUT2D eigenvalue weighted by atomic mass is 32.1. The fourth-order valence-corrected chi connectivity index (χ4v) is 3.21. The molecule has 0 radical (unpaired) electrons. The van der Waals surface area contributed by atoms with Crippen molar-refractivity contribution in [3.05, 3.63) is 70.7 Å². The number of nitrogens with one attached hydrogen (secondary N) is 1. The quantitative estimate of drug-likeness (QED) is 0.601. The Kier molecular flexibility index (Phi) is 6.36. The molecular weight excluding hydrogens is 382 g/mol. The van der Waals surface area contributed by atoms with E-state index in [1.807, 2.05) is 26.0 Å². The van der Waals surface area contributed by atoms with Crippen molar-refractivity contribution >= 4 is 17.2 Å². The molecule has 0 bridgehead atoms. The maximum Gasteiger partial charge on any atom is 0.270 e. The molecule has 1 heterocycles. The van der Waals surface area contributed by atoms with Gasteiger partial charge in [0.05, 0.1) is 0 Å². The highest BCUT2D eigenvalue weighted by Gasteiger charge is 2.12. The minimum Gasteiger partial charge on any atom is -0.489 e. The summed E-state index contributed by atoms with van der Waals surface area (Å²) in [5.41, 5.74) is 1.39. The maximum absolute atomic E-state index is 13.6. The van der Waals surface area contributed by atoms with Gasteiger partial charge in [-0.25, -0.2) is 13.8 Å². The molecule has 0 unspecified atom stereocenters. The highest BCUT2D eigenvalue weighted by Crippen LogP contribution is 2.26. The third kappa shape index (κ3) is 5.13. The average molecular weight is 402 g/mol. The Morgan fingerprint density at radius 1 is 1.18 bits per heavy atom. The van der Waals surface area contributed by atoms with Crippen molar-refractivity contribution in [3.8, 4) is 16.3 Å². The number of hydrogen-bond acceptors (Lipinski definition) is 4. The molecule has 4 nitrogen and oxygen atoms in total. The molecule has 0 spiro atoms. The van der Waals surface area contributed by atoms with E-state index in [2.05, 4.69) is 10.3 Å². The lowest BCUT2D eigenvalue weighted by atomic mass is 10.2. The van der Waals surface area contributed by atoms with Gasteiger partial charge in [0, 0.05) is 23.1 Å². The number of carbonyl (C=O) groups is 1. The summed E-state index contributed by atoms with van der Waals surface area (Å²) in [6.45, 7) is 4.59. The van der Waals surface area contributed by atoms with Crippen molar-refractivity contribution in [2.45, 2.75) is 20.5 Å². The standard InChI is InChI=1S/C21H20F2N2O2S/c1-13(2)10-24-20(26)19-12-28-21(25-19)14-3-6-17(7-4-14)27-11-15-9-16(22)5-8-18(15)23/h3-9,12-13H,10-11H2,1-2H3,(H,24,26). The van der Waals surface area contributed by atoms with E-state index in [4.69, 9.17) is 4.74 Å². The van der Waals surface area contributed by atoms with Crippen LogP contribution >= 0.6 is 11.3 Å². The van der Waals surface area contributed by atoms with E-state index in [9.17, 15) is 13.6 Å². The Balaban J connectivity index is 1.63. The van der Waals surface area contributed by atoms with Crippen molar-refractivity contribution in [1.29, 1.82) is 0 Å². The third-order valence-electron chi connectivity index (χ3n) is 3.91. The zero-order valence-corrected chi connectivity index (χ0v) is 16.4. The van der Waals surface area contributed by atoms with Gasteiger partial charge in [0.1, 0.15) is 34.7 Å². The molecule has 0 fully saturated rings. The Hall–Kier alpha value is -2.80. The van der Waals surface area contributed by atoms with Crippen LogP contribution in [0, 0.1) is 17.6 Å². The molecule has 0 atom stereocenters. The molecule has 0 aliphatic rings. The molecular formula is C21H20F2N2O2S. The van der Waals surface area contributed by atoms with Gasteiger partial charge in [-0.15, -0.1) is 11.3 Å². The van der Waals surface area contributed by atoms with E-state index in [0.29, 0.717) is 23.9 Å². The molecule has 0 aliphatic heterocycles. The largest absolute Gasteiger partial charge is 0.489 e. The van der Waals surface area contributed by atoms with Crippen LogP contribution in [0.15, 0.2) is 47.8 Å². The summed E-state index contributed by atoms with van der Waals surface area (Å²) in [7, 11) is 0. The number of nitrogens with zero attached hydrogens (tertiary/aromatic N) is 1. The minimum absolute atomic E-state index is 0.0691. The molecule has 28 heavy (non-hydrogen) atoms. The van der Waals surface area contributed by atoms with Crippen molar-refractivity contribution in [3.63, 3.8) is 0 Å². The number of hydrogen-bond donors (Lipinski definition) is 1. The van der Waals surface area contributed by atoms with Crippen molar-refractivity contribution < 1.29 is 18.3 Å². The second-order valence-corrected chi connectivity index (χ2v) is 7.55. The number of ether oxygens (including phenoxy) is 1. The predicted molar refractivity (Wildman–Crippen MR) is 105 cm³/mol. The number of rotatable bonds is 7. The van der Waals surface area contributed by atoms with Gasteiger partial charge < -0.3 is 10.1 Å². The van der Waals surface area contributed by atoms with Crippen LogP contribution in [0.25, 0.3) is 10.6 Å². The lowest BCUT2D eigenvalue weighted by Crippen LogP contribution is -2.27. The Labute approximate surface area is 166 Å². The third-order valence-corrected chi connectivity index (χ3v) is 4.80. The van der Waals surface area contributed by atoms with E-state index in [0.717, 1.165) is 28.8 Å². The molecule has 7 heteroatoms.